The van der Waals surface area contributed by atoms with Crippen molar-refractivity contribution >= 4 is 43.7 Å². The van der Waals surface area contributed by atoms with Gasteiger partial charge in [0.15, 0.2) is 17.5 Å². The fraction of sp³-hybridized carbons (Fsp3) is 0. The van der Waals surface area contributed by atoms with Crippen LogP contribution >= 0.6 is 0 Å². The number of nitrogens with zero attached hydrogens (tertiary/aromatic N) is 4. The monoisotopic (exact) mass is 804 g/mol. The fourth-order valence-electron chi connectivity index (χ4n) is 8.13. The van der Waals surface area contributed by atoms with Crippen molar-refractivity contribution in [1.82, 2.24) is 19.5 Å². The maximum atomic E-state index is 9.81. The molecule has 0 fully saturated rings. The third-order valence-corrected chi connectivity index (χ3v) is 11.0. The van der Waals surface area contributed by atoms with Crippen LogP contribution in [0.2, 0.25) is 0 Å². The minimum atomic E-state index is -0.710. The van der Waals surface area contributed by atoms with E-state index in [1.807, 2.05) is 140 Å². The largest absolute Gasteiger partial charge is 0.456 e. The van der Waals surface area contributed by atoms with Crippen LogP contribution in [0.25, 0.3) is 117 Å². The molecular weight excluding hydrogens is 757 g/mol. The van der Waals surface area contributed by atoms with Crippen molar-refractivity contribution in [2.45, 2.75) is 0 Å². The van der Waals surface area contributed by atoms with Gasteiger partial charge in [-0.2, -0.15) is 0 Å². The Bertz CT molecular complexity index is 4300. The molecule has 0 spiro atoms. The van der Waals surface area contributed by atoms with Gasteiger partial charge in [-0.25, -0.2) is 15.0 Å². The van der Waals surface area contributed by atoms with Crippen LogP contribution in [0.5, 0.6) is 0 Å². The first-order chi connectivity index (χ1) is 35.7. The van der Waals surface area contributed by atoms with Crippen molar-refractivity contribution < 1.29 is 20.9 Å². The topological polar surface area (TPSA) is 56.7 Å². The Morgan fingerprint density at radius 1 is 0.387 bits per heavy atom. The zero-order valence-electron chi connectivity index (χ0n) is 44.6. The molecule has 0 aliphatic heterocycles. The molecule has 3 heterocycles. The molecule has 0 saturated heterocycles. The molecule has 0 saturated carbocycles. The van der Waals surface area contributed by atoms with Gasteiger partial charge in [0.2, 0.25) is 0 Å². The number of aromatic nitrogens is 4. The van der Waals surface area contributed by atoms with Gasteiger partial charge in [-0.1, -0.05) is 176 Å². The van der Waals surface area contributed by atoms with E-state index in [0.29, 0.717) is 45.1 Å². The molecular formula is C57H36N4O. The average molecular weight is 805 g/mol. The summed E-state index contributed by atoms with van der Waals surface area (Å²) in [5.74, 6) is 0.757. The second kappa shape index (κ2) is 14.7. The first kappa shape index (κ1) is 25.3. The average Bonchev–Trinajstić information content (AvgIpc) is 4.01. The van der Waals surface area contributed by atoms with E-state index in [9.17, 15) is 6.85 Å². The van der Waals surface area contributed by atoms with E-state index in [4.69, 9.17) is 29.0 Å². The van der Waals surface area contributed by atoms with Crippen molar-refractivity contribution in [3.63, 3.8) is 0 Å². The van der Waals surface area contributed by atoms with E-state index in [1.165, 1.54) is 4.57 Å². The van der Waals surface area contributed by atoms with Gasteiger partial charge in [0.1, 0.15) is 11.2 Å². The summed E-state index contributed by atoms with van der Waals surface area (Å²) in [6.07, 6.45) is 0. The summed E-state index contributed by atoms with van der Waals surface area (Å²) in [6.45, 7) is 0. The number of para-hydroxylation sites is 2. The Hall–Kier alpha value is -8.41. The summed E-state index contributed by atoms with van der Waals surface area (Å²) < 4.78 is 116. The predicted octanol–water partition coefficient (Wildman–Crippen LogP) is 14.9. The lowest BCUT2D eigenvalue weighted by molar-refractivity contribution is 0.669. The number of furan rings is 1. The number of hydrogen-bond acceptors (Lipinski definition) is 4. The fourth-order valence-corrected chi connectivity index (χ4v) is 8.13. The first-order valence-corrected chi connectivity index (χ1v) is 19.9. The van der Waals surface area contributed by atoms with Crippen LogP contribution in [0, 0.1) is 0 Å². The Morgan fingerprint density at radius 2 is 1.00 bits per heavy atom. The van der Waals surface area contributed by atoms with Gasteiger partial charge >= 0.3 is 0 Å². The third kappa shape index (κ3) is 6.06. The van der Waals surface area contributed by atoms with Gasteiger partial charge in [0, 0.05) is 38.2 Å². The SMILES string of the molecule is [2H]c1c([2H])c([2H])c(-c2c([2H])c([2H])c3c(c2[2H])c2c([2H])c([2H])c([2H])c([2H])c2n3-c2ccc(-c3cccc4oc5ccccc5c34)cc2-c2nc(-c3ccccc3)nc(-c3ccc(-c4ccccc4)cc3)n2)c([2H])c1[2H]. The molecule has 12 aromatic rings. The molecule has 290 valence electrons. The molecule has 5 nitrogen and oxygen atoms in total. The summed E-state index contributed by atoms with van der Waals surface area (Å²) >= 11 is 0. The van der Waals surface area contributed by atoms with E-state index in [0.717, 1.165) is 27.5 Å². The molecule has 0 bridgehead atoms. The highest BCUT2D eigenvalue weighted by atomic mass is 16.3. The summed E-state index contributed by atoms with van der Waals surface area (Å²) in [7, 11) is 0. The van der Waals surface area contributed by atoms with Crippen LogP contribution in [0.1, 0.15) is 16.4 Å². The molecule has 0 radical (unpaired) electrons. The van der Waals surface area contributed by atoms with Gasteiger partial charge in [0.05, 0.1) is 33.2 Å². The van der Waals surface area contributed by atoms with Crippen LogP contribution in [-0.4, -0.2) is 19.5 Å². The van der Waals surface area contributed by atoms with Crippen molar-refractivity contribution in [2.24, 2.45) is 0 Å². The lowest BCUT2D eigenvalue weighted by atomic mass is 9.96. The maximum Gasteiger partial charge on any atom is 0.166 e. The summed E-state index contributed by atoms with van der Waals surface area (Å²) in [4.78, 5) is 15.3. The number of hydrogen-bond donors (Lipinski definition) is 0. The van der Waals surface area contributed by atoms with Gasteiger partial charge < -0.3 is 8.98 Å². The zero-order chi connectivity index (χ0) is 51.4. The normalized spacial score (nSPS) is 14.3. The van der Waals surface area contributed by atoms with Crippen molar-refractivity contribution in [1.29, 1.82) is 0 Å². The highest BCUT2D eigenvalue weighted by molar-refractivity contribution is 6.13. The molecule has 0 N–H and O–H groups in total. The predicted molar refractivity (Wildman–Crippen MR) is 254 cm³/mol. The standard InChI is InChI=1S/C57H36N4O/c1-4-15-37(16-5-1)39-27-29-41(30-28-39)56-58-55(40-19-8-3-9-20-40)59-57(60-56)48-36-43(44-23-14-26-53-54(44)46-22-11-13-25-52(46)62-53)32-34-51(48)61-49-24-12-10-21-45(49)47-35-42(31-33-50(47)61)38-17-6-2-7-18-38/h1-36H/i2D,6D,7D,10D,12D,17D,18D,21D,24D,31D,33D,35D. The summed E-state index contributed by atoms with van der Waals surface area (Å²) in [5.41, 5.74) is 5.37. The number of rotatable bonds is 7. The quantitative estimate of drug-likeness (QED) is 0.161. The second-order valence-corrected chi connectivity index (χ2v) is 14.7. The van der Waals surface area contributed by atoms with E-state index >= 15 is 0 Å². The van der Waals surface area contributed by atoms with Crippen LogP contribution in [0.3, 0.4) is 0 Å². The molecule has 0 aliphatic rings. The molecule has 12 rings (SSSR count). The van der Waals surface area contributed by atoms with Gasteiger partial charge in [-0.05, 0) is 75.8 Å². The molecule has 3 aromatic heterocycles. The van der Waals surface area contributed by atoms with Crippen molar-refractivity contribution in [3.05, 3.63) is 218 Å². The van der Waals surface area contributed by atoms with Gasteiger partial charge in [-0.15, -0.1) is 0 Å². The molecule has 5 heteroatoms. The minimum Gasteiger partial charge on any atom is -0.456 e. The maximum absolute atomic E-state index is 9.81. The third-order valence-electron chi connectivity index (χ3n) is 11.0. The van der Waals surface area contributed by atoms with Crippen LogP contribution in [0.4, 0.5) is 0 Å². The van der Waals surface area contributed by atoms with E-state index in [2.05, 4.69) is 0 Å². The molecule has 0 amide bonds. The van der Waals surface area contributed by atoms with E-state index in [-0.39, 0.29) is 33.3 Å². The Morgan fingerprint density at radius 3 is 1.81 bits per heavy atom. The highest BCUT2D eigenvalue weighted by Crippen LogP contribution is 2.42. The molecule has 0 aliphatic carbocycles. The van der Waals surface area contributed by atoms with E-state index < -0.39 is 83.6 Å². The van der Waals surface area contributed by atoms with E-state index in [1.54, 1.807) is 6.07 Å². The van der Waals surface area contributed by atoms with Crippen LogP contribution in [-0.2, 0) is 0 Å². The lowest BCUT2D eigenvalue weighted by Crippen LogP contribution is -2.04. The zero-order valence-corrected chi connectivity index (χ0v) is 32.6. The number of fused-ring (bicyclic) bond motifs is 6. The Labute approximate surface area is 374 Å². The summed E-state index contributed by atoms with van der Waals surface area (Å²) in [6, 6.07) is 38.3. The lowest BCUT2D eigenvalue weighted by Gasteiger charge is -2.17. The van der Waals surface area contributed by atoms with Gasteiger partial charge in [-0.3, -0.25) is 0 Å². The molecule has 9 aromatic carbocycles. The van der Waals surface area contributed by atoms with Crippen LogP contribution in [0.15, 0.2) is 223 Å². The van der Waals surface area contributed by atoms with Crippen LogP contribution < -0.4 is 0 Å². The Kier molecular flexibility index (Phi) is 5.99. The summed E-state index contributed by atoms with van der Waals surface area (Å²) in [5, 5.41) is 1.33. The molecule has 0 unspecified atom stereocenters. The molecule has 62 heavy (non-hydrogen) atoms. The minimum absolute atomic E-state index is 0.136. The Balaban J connectivity index is 1.22. The van der Waals surface area contributed by atoms with Crippen molar-refractivity contribution in [3.8, 4) is 73.2 Å². The van der Waals surface area contributed by atoms with Crippen molar-refractivity contribution in [2.75, 3.05) is 0 Å². The second-order valence-electron chi connectivity index (χ2n) is 14.7. The highest BCUT2D eigenvalue weighted by Gasteiger charge is 2.22. The van der Waals surface area contributed by atoms with Gasteiger partial charge in [0.25, 0.3) is 0 Å². The first-order valence-electron chi connectivity index (χ1n) is 25.9. The molecule has 0 atom stereocenters. The smallest absolute Gasteiger partial charge is 0.166 e. The number of benzene rings is 9.